The minimum absolute atomic E-state index is 0.260. The van der Waals surface area contributed by atoms with E-state index in [0.29, 0.717) is 17.5 Å². The van der Waals surface area contributed by atoms with Crippen LogP contribution in [-0.4, -0.2) is 48.0 Å². The quantitative estimate of drug-likeness (QED) is 0.536. The van der Waals surface area contributed by atoms with Crippen LogP contribution in [0.4, 0.5) is 22.6 Å². The summed E-state index contributed by atoms with van der Waals surface area (Å²) in [7, 11) is 0. The monoisotopic (exact) mass is 394 g/mol. The number of nitrogen functional groups attached to an aromatic ring is 1. The summed E-state index contributed by atoms with van der Waals surface area (Å²) in [5, 5.41) is 12.8. The van der Waals surface area contributed by atoms with Crippen molar-refractivity contribution in [1.29, 1.82) is 0 Å². The highest BCUT2D eigenvalue weighted by Crippen LogP contribution is 2.36. The smallest absolute Gasteiger partial charge is 0.186 e. The van der Waals surface area contributed by atoms with Gasteiger partial charge in [0.15, 0.2) is 10.9 Å². The Morgan fingerprint density at radius 3 is 2.89 bits per heavy atom. The first-order valence-corrected chi connectivity index (χ1v) is 9.79. The summed E-state index contributed by atoms with van der Waals surface area (Å²) in [5.41, 5.74) is 6.64. The van der Waals surface area contributed by atoms with Gasteiger partial charge >= 0.3 is 0 Å². The van der Waals surface area contributed by atoms with Crippen LogP contribution in [0.5, 0.6) is 0 Å². The number of hydrogen-bond donors (Lipinski definition) is 2. The van der Waals surface area contributed by atoms with Gasteiger partial charge in [-0.2, -0.15) is 15.0 Å². The number of nitrogens with two attached hydrogens (primary N) is 1. The number of fused-ring (bicyclic) bond motifs is 1. The second-order valence-electron chi connectivity index (χ2n) is 6.55. The molecule has 10 nitrogen and oxygen atoms in total. The van der Waals surface area contributed by atoms with Gasteiger partial charge in [-0.25, -0.2) is 19.9 Å². The van der Waals surface area contributed by atoms with E-state index in [2.05, 4.69) is 35.4 Å². The van der Waals surface area contributed by atoms with Gasteiger partial charge < -0.3 is 16.0 Å². The number of hydrogen-bond acceptors (Lipinski definition) is 10. The van der Waals surface area contributed by atoms with Crippen molar-refractivity contribution in [3.05, 3.63) is 37.1 Å². The molecule has 0 spiro atoms. The lowest BCUT2D eigenvalue weighted by Crippen LogP contribution is -2.37. The van der Waals surface area contributed by atoms with Gasteiger partial charge in [0.25, 0.3) is 0 Å². The average Bonchev–Trinajstić information content (AvgIpc) is 3.39. The summed E-state index contributed by atoms with van der Waals surface area (Å²) in [6.45, 7) is 1.81. The number of pyridine rings is 1. The summed E-state index contributed by atoms with van der Waals surface area (Å²) in [6, 6.07) is 3.86. The van der Waals surface area contributed by atoms with Gasteiger partial charge in [-0.15, -0.1) is 0 Å². The van der Waals surface area contributed by atoms with Crippen molar-refractivity contribution >= 4 is 44.1 Å². The predicted molar refractivity (Wildman–Crippen MR) is 108 cm³/mol. The van der Waals surface area contributed by atoms with Gasteiger partial charge in [-0.1, -0.05) is 11.3 Å². The highest BCUT2D eigenvalue weighted by Gasteiger charge is 2.25. The number of piperidine rings is 1. The first kappa shape index (κ1) is 16.8. The van der Waals surface area contributed by atoms with Crippen molar-refractivity contribution < 1.29 is 0 Å². The van der Waals surface area contributed by atoms with Crippen molar-refractivity contribution in [1.82, 2.24) is 34.9 Å². The zero-order valence-corrected chi connectivity index (χ0v) is 15.7. The van der Waals surface area contributed by atoms with Crippen LogP contribution in [0.1, 0.15) is 18.9 Å². The van der Waals surface area contributed by atoms with E-state index in [1.165, 1.54) is 6.33 Å². The lowest BCUT2D eigenvalue weighted by molar-refractivity contribution is 0.342. The molecule has 0 unspecified atom stereocenters. The first-order valence-electron chi connectivity index (χ1n) is 8.97. The Morgan fingerprint density at radius 1 is 1.14 bits per heavy atom. The number of aromatic nitrogens is 7. The maximum atomic E-state index is 5.74. The zero-order chi connectivity index (χ0) is 18.9. The number of nitrogens with one attached hydrogen (secondary N) is 1. The van der Waals surface area contributed by atoms with E-state index >= 15 is 0 Å². The fourth-order valence-corrected chi connectivity index (χ4v) is 4.40. The molecule has 1 aliphatic heterocycles. The van der Waals surface area contributed by atoms with E-state index in [9.17, 15) is 0 Å². The molecule has 1 aliphatic rings. The van der Waals surface area contributed by atoms with Crippen molar-refractivity contribution in [3.8, 4) is 0 Å². The van der Waals surface area contributed by atoms with E-state index in [4.69, 9.17) is 10.7 Å². The van der Waals surface area contributed by atoms with E-state index in [0.717, 1.165) is 41.3 Å². The fourth-order valence-electron chi connectivity index (χ4n) is 3.36. The lowest BCUT2D eigenvalue weighted by atomic mass is 10.1. The Bertz CT molecular complexity index is 1090. The average molecular weight is 394 g/mol. The summed E-state index contributed by atoms with van der Waals surface area (Å²) >= 11 is 1.62. The normalized spacial score (nSPS) is 17.1. The third-order valence-electron chi connectivity index (χ3n) is 4.66. The molecule has 1 saturated heterocycles. The van der Waals surface area contributed by atoms with Crippen LogP contribution in [0.3, 0.4) is 0 Å². The van der Waals surface area contributed by atoms with Crippen LogP contribution < -0.4 is 16.0 Å². The van der Waals surface area contributed by atoms with Crippen LogP contribution >= 0.6 is 11.3 Å². The Morgan fingerprint density at radius 2 is 2.04 bits per heavy atom. The molecule has 0 aromatic carbocycles. The highest BCUT2D eigenvalue weighted by atomic mass is 32.1. The number of nitrogens with zero attached hydrogens (tertiary/aromatic N) is 8. The van der Waals surface area contributed by atoms with E-state index in [1.54, 1.807) is 40.8 Å². The lowest BCUT2D eigenvalue weighted by Gasteiger charge is -2.31. The van der Waals surface area contributed by atoms with Crippen LogP contribution in [0.25, 0.3) is 10.2 Å². The van der Waals surface area contributed by atoms with E-state index < -0.39 is 0 Å². The third kappa shape index (κ3) is 3.20. The molecule has 0 radical (unpaired) electrons. The Labute approximate surface area is 164 Å². The standard InChI is InChI=1S/C17H18N10S/c18-13-8-14(21-10-20-13)25-16-15-12(3-4-19-16)24-17(28-15)26-7-1-2-11(9-26)27-22-5-6-23-27/h3-6,8,10-11H,1-2,7,9H2,(H3,18,19,20,21,25)/t11-/m0/s1. The summed E-state index contributed by atoms with van der Waals surface area (Å²) < 4.78 is 0.981. The minimum atomic E-state index is 0.260. The van der Waals surface area contributed by atoms with Crippen LogP contribution in [0.15, 0.2) is 37.1 Å². The van der Waals surface area contributed by atoms with Gasteiger partial charge in [-0.05, 0) is 18.9 Å². The van der Waals surface area contributed by atoms with Gasteiger partial charge in [0.05, 0.1) is 28.7 Å². The maximum absolute atomic E-state index is 5.74. The largest absolute Gasteiger partial charge is 0.384 e. The van der Waals surface area contributed by atoms with Crippen molar-refractivity contribution in [3.63, 3.8) is 0 Å². The number of anilines is 4. The highest BCUT2D eigenvalue weighted by molar-refractivity contribution is 7.22. The molecule has 0 saturated carbocycles. The molecule has 0 amide bonds. The zero-order valence-electron chi connectivity index (χ0n) is 14.9. The number of rotatable bonds is 4. The molecular weight excluding hydrogens is 376 g/mol. The van der Waals surface area contributed by atoms with Gasteiger partial charge in [0.2, 0.25) is 0 Å². The molecule has 3 N–H and O–H groups in total. The minimum Gasteiger partial charge on any atom is -0.384 e. The second-order valence-corrected chi connectivity index (χ2v) is 7.53. The van der Waals surface area contributed by atoms with Crippen LogP contribution in [0.2, 0.25) is 0 Å². The molecule has 0 bridgehead atoms. The van der Waals surface area contributed by atoms with Crippen molar-refractivity contribution in [2.24, 2.45) is 0 Å². The van der Waals surface area contributed by atoms with Gasteiger partial charge in [0, 0.05) is 25.4 Å². The van der Waals surface area contributed by atoms with E-state index in [-0.39, 0.29) is 6.04 Å². The molecule has 1 fully saturated rings. The molecule has 4 aromatic heterocycles. The van der Waals surface area contributed by atoms with Gasteiger partial charge in [-0.3, -0.25) is 0 Å². The molecule has 4 aromatic rings. The van der Waals surface area contributed by atoms with Crippen molar-refractivity contribution in [2.75, 3.05) is 29.0 Å². The Kier molecular flexibility index (Phi) is 4.20. The van der Waals surface area contributed by atoms with E-state index in [1.807, 2.05) is 6.07 Å². The van der Waals surface area contributed by atoms with Crippen LogP contribution in [-0.2, 0) is 0 Å². The predicted octanol–water partition coefficient (Wildman–Crippen LogP) is 2.24. The molecule has 142 valence electrons. The molecule has 11 heteroatoms. The van der Waals surface area contributed by atoms with Crippen LogP contribution in [0, 0.1) is 0 Å². The molecule has 5 rings (SSSR count). The summed E-state index contributed by atoms with van der Waals surface area (Å²) in [6.07, 6.45) is 8.75. The Hall–Kier alpha value is -3.34. The third-order valence-corrected chi connectivity index (χ3v) is 5.80. The number of thiazole rings is 1. The second kappa shape index (κ2) is 7.00. The fraction of sp³-hybridized carbons (Fsp3) is 0.294. The first-order chi connectivity index (χ1) is 13.8. The van der Waals surface area contributed by atoms with Crippen molar-refractivity contribution in [2.45, 2.75) is 18.9 Å². The van der Waals surface area contributed by atoms with Gasteiger partial charge in [0.1, 0.15) is 18.0 Å². The summed E-state index contributed by atoms with van der Waals surface area (Å²) in [5.74, 6) is 1.72. The topological polar surface area (TPSA) is 124 Å². The maximum Gasteiger partial charge on any atom is 0.186 e. The molecule has 1 atom stereocenters. The molecule has 0 aliphatic carbocycles. The molecule has 28 heavy (non-hydrogen) atoms. The SMILES string of the molecule is Nc1cc(Nc2nccc3nc(N4CCC[C@H](n5nccn5)C4)sc23)ncn1. The molecular formula is C17H18N10S. The molecule has 5 heterocycles. The Balaban J connectivity index is 1.43. The summed E-state index contributed by atoms with van der Waals surface area (Å²) in [4.78, 5) is 21.5.